The number of halogens is 1. The Kier molecular flexibility index (Phi) is 7.04. The predicted octanol–water partition coefficient (Wildman–Crippen LogP) is 5.88. The fourth-order valence-corrected chi connectivity index (χ4v) is 2.70. The second-order valence-electron chi connectivity index (χ2n) is 5.52. The largest absolute Gasteiger partial charge is 0.494 e. The van der Waals surface area contributed by atoms with Crippen molar-refractivity contribution in [2.75, 3.05) is 18.5 Å². The van der Waals surface area contributed by atoms with E-state index in [2.05, 4.69) is 60.1 Å². The van der Waals surface area contributed by atoms with Gasteiger partial charge < -0.3 is 9.47 Å². The minimum absolute atomic E-state index is 0.746. The van der Waals surface area contributed by atoms with Crippen LogP contribution in [0.4, 0.5) is 0 Å². The van der Waals surface area contributed by atoms with Crippen LogP contribution in [0.1, 0.15) is 38.2 Å². The number of rotatable bonds is 9. The molecular weight excluding hydrogens is 340 g/mol. The zero-order valence-electron chi connectivity index (χ0n) is 13.5. The summed E-state index contributed by atoms with van der Waals surface area (Å²) in [6, 6.07) is 10.5. The van der Waals surface area contributed by atoms with Gasteiger partial charge in [0, 0.05) is 5.33 Å². The number of ether oxygens (including phenoxy) is 2. The van der Waals surface area contributed by atoms with Gasteiger partial charge in [0.05, 0.1) is 13.2 Å². The van der Waals surface area contributed by atoms with Crippen molar-refractivity contribution in [3.63, 3.8) is 0 Å². The minimum atomic E-state index is 0.746. The van der Waals surface area contributed by atoms with Crippen LogP contribution in [-0.4, -0.2) is 18.5 Å². The van der Waals surface area contributed by atoms with Crippen molar-refractivity contribution in [2.24, 2.45) is 0 Å². The number of benzene rings is 2. The number of hydrogen-bond donors (Lipinski definition) is 0. The third-order valence-electron chi connectivity index (χ3n) is 3.76. The van der Waals surface area contributed by atoms with E-state index in [1.807, 2.05) is 0 Å². The molecule has 0 atom stereocenters. The van der Waals surface area contributed by atoms with E-state index in [1.165, 1.54) is 29.2 Å². The molecule has 2 nitrogen and oxygen atoms in total. The van der Waals surface area contributed by atoms with Crippen LogP contribution < -0.4 is 9.47 Å². The zero-order chi connectivity index (χ0) is 15.8. The topological polar surface area (TPSA) is 18.5 Å². The summed E-state index contributed by atoms with van der Waals surface area (Å²) in [4.78, 5) is 0. The van der Waals surface area contributed by atoms with E-state index in [1.54, 1.807) is 0 Å². The molecule has 2 aromatic rings. The highest BCUT2D eigenvalue weighted by Crippen LogP contribution is 2.30. The van der Waals surface area contributed by atoms with Crippen LogP contribution in [0.15, 0.2) is 30.3 Å². The average molecular weight is 365 g/mol. The molecule has 0 saturated carbocycles. The van der Waals surface area contributed by atoms with Crippen molar-refractivity contribution in [3.8, 4) is 11.5 Å². The molecule has 0 N–H and O–H groups in total. The SMILES string of the molecule is CCCCCOc1ccc2c(C)c(OCCCBr)ccc2c1. The van der Waals surface area contributed by atoms with Crippen molar-refractivity contribution in [1.82, 2.24) is 0 Å². The molecule has 3 heteroatoms. The summed E-state index contributed by atoms with van der Waals surface area (Å²) < 4.78 is 11.7. The third-order valence-corrected chi connectivity index (χ3v) is 4.32. The molecular formula is C19H25BrO2. The Morgan fingerprint density at radius 2 is 1.77 bits per heavy atom. The summed E-state index contributed by atoms with van der Waals surface area (Å²) >= 11 is 3.43. The van der Waals surface area contributed by atoms with Gasteiger partial charge in [-0.3, -0.25) is 0 Å². The van der Waals surface area contributed by atoms with Gasteiger partial charge in [-0.1, -0.05) is 47.8 Å². The van der Waals surface area contributed by atoms with E-state index in [4.69, 9.17) is 9.47 Å². The van der Waals surface area contributed by atoms with Crippen molar-refractivity contribution in [1.29, 1.82) is 0 Å². The van der Waals surface area contributed by atoms with E-state index >= 15 is 0 Å². The molecule has 2 aromatic carbocycles. The number of aryl methyl sites for hydroxylation is 1. The van der Waals surface area contributed by atoms with Crippen LogP contribution in [0.2, 0.25) is 0 Å². The van der Waals surface area contributed by atoms with Gasteiger partial charge in [-0.2, -0.15) is 0 Å². The maximum atomic E-state index is 5.85. The van der Waals surface area contributed by atoms with Gasteiger partial charge in [-0.05, 0) is 54.3 Å². The Hall–Kier alpha value is -1.22. The fraction of sp³-hybridized carbons (Fsp3) is 0.474. The van der Waals surface area contributed by atoms with E-state index in [-0.39, 0.29) is 0 Å². The van der Waals surface area contributed by atoms with Crippen LogP contribution >= 0.6 is 15.9 Å². The smallest absolute Gasteiger partial charge is 0.122 e. The summed E-state index contributed by atoms with van der Waals surface area (Å²) in [7, 11) is 0. The first-order valence-corrected chi connectivity index (χ1v) is 9.23. The van der Waals surface area contributed by atoms with Gasteiger partial charge in [-0.15, -0.1) is 0 Å². The third kappa shape index (κ3) is 4.64. The number of unbranched alkanes of at least 4 members (excludes halogenated alkanes) is 2. The Labute approximate surface area is 141 Å². The highest BCUT2D eigenvalue weighted by Gasteiger charge is 2.06. The molecule has 120 valence electrons. The van der Waals surface area contributed by atoms with E-state index in [0.717, 1.165) is 42.9 Å². The van der Waals surface area contributed by atoms with Gasteiger partial charge in [0.2, 0.25) is 0 Å². The molecule has 0 amide bonds. The minimum Gasteiger partial charge on any atom is -0.494 e. The van der Waals surface area contributed by atoms with Gasteiger partial charge in [0.15, 0.2) is 0 Å². The molecule has 0 spiro atoms. The maximum absolute atomic E-state index is 5.85. The second kappa shape index (κ2) is 9.04. The fourth-order valence-electron chi connectivity index (χ4n) is 2.47. The van der Waals surface area contributed by atoms with Gasteiger partial charge in [-0.25, -0.2) is 0 Å². The molecule has 0 aliphatic heterocycles. The van der Waals surface area contributed by atoms with Crippen LogP contribution in [-0.2, 0) is 0 Å². The monoisotopic (exact) mass is 364 g/mol. The molecule has 0 aliphatic rings. The molecule has 0 radical (unpaired) electrons. The number of hydrogen-bond acceptors (Lipinski definition) is 2. The summed E-state index contributed by atoms with van der Waals surface area (Å²) in [6.07, 6.45) is 4.58. The van der Waals surface area contributed by atoms with E-state index in [9.17, 15) is 0 Å². The lowest BCUT2D eigenvalue weighted by Crippen LogP contribution is -2.00. The lowest BCUT2D eigenvalue weighted by molar-refractivity contribution is 0.306. The maximum Gasteiger partial charge on any atom is 0.122 e. The first kappa shape index (κ1) is 17.1. The van der Waals surface area contributed by atoms with E-state index in [0.29, 0.717) is 0 Å². The molecule has 0 unspecified atom stereocenters. The zero-order valence-corrected chi connectivity index (χ0v) is 15.1. The van der Waals surface area contributed by atoms with Gasteiger partial charge in [0.25, 0.3) is 0 Å². The normalized spacial score (nSPS) is 10.9. The Bertz CT molecular complexity index is 595. The molecule has 0 fully saturated rings. The molecule has 0 saturated heterocycles. The summed E-state index contributed by atoms with van der Waals surface area (Å²) in [5.41, 5.74) is 1.20. The van der Waals surface area contributed by atoms with Gasteiger partial charge >= 0.3 is 0 Å². The van der Waals surface area contributed by atoms with Crippen molar-refractivity contribution < 1.29 is 9.47 Å². The van der Waals surface area contributed by atoms with Crippen LogP contribution in [0.5, 0.6) is 11.5 Å². The Morgan fingerprint density at radius 1 is 0.955 bits per heavy atom. The predicted molar refractivity (Wildman–Crippen MR) is 97.6 cm³/mol. The Balaban J connectivity index is 2.08. The summed E-state index contributed by atoms with van der Waals surface area (Å²) in [5.74, 6) is 1.93. The van der Waals surface area contributed by atoms with Crippen molar-refractivity contribution in [3.05, 3.63) is 35.9 Å². The van der Waals surface area contributed by atoms with E-state index < -0.39 is 0 Å². The quantitative estimate of drug-likeness (QED) is 0.408. The number of fused-ring (bicyclic) bond motifs is 1. The molecule has 0 aliphatic carbocycles. The molecule has 2 rings (SSSR count). The summed E-state index contributed by atoms with van der Waals surface area (Å²) in [5, 5.41) is 3.41. The Morgan fingerprint density at radius 3 is 2.55 bits per heavy atom. The lowest BCUT2D eigenvalue weighted by atomic mass is 10.0. The molecule has 0 heterocycles. The lowest BCUT2D eigenvalue weighted by Gasteiger charge is -2.12. The first-order valence-electron chi connectivity index (χ1n) is 8.11. The first-order chi connectivity index (χ1) is 10.8. The van der Waals surface area contributed by atoms with Crippen LogP contribution in [0, 0.1) is 6.92 Å². The molecule has 0 bridgehead atoms. The van der Waals surface area contributed by atoms with Crippen molar-refractivity contribution >= 4 is 26.7 Å². The standard InChI is InChI=1S/C19H25BrO2/c1-3-4-5-12-21-17-8-9-18-15(2)19(22-13-6-11-20)10-7-16(18)14-17/h7-10,14H,3-6,11-13H2,1-2H3. The summed E-state index contributed by atoms with van der Waals surface area (Å²) in [6.45, 7) is 5.87. The molecule has 0 aromatic heterocycles. The van der Waals surface area contributed by atoms with Gasteiger partial charge in [0.1, 0.15) is 11.5 Å². The van der Waals surface area contributed by atoms with Crippen LogP contribution in [0.3, 0.4) is 0 Å². The number of alkyl halides is 1. The highest BCUT2D eigenvalue weighted by atomic mass is 79.9. The molecule has 22 heavy (non-hydrogen) atoms. The second-order valence-corrected chi connectivity index (χ2v) is 6.31. The average Bonchev–Trinajstić information content (AvgIpc) is 2.54. The van der Waals surface area contributed by atoms with Crippen LogP contribution in [0.25, 0.3) is 10.8 Å². The highest BCUT2D eigenvalue weighted by molar-refractivity contribution is 9.09. The van der Waals surface area contributed by atoms with Crippen molar-refractivity contribution in [2.45, 2.75) is 39.5 Å².